The van der Waals surface area contributed by atoms with E-state index in [0.717, 1.165) is 18.4 Å². The van der Waals surface area contributed by atoms with E-state index in [2.05, 4.69) is 0 Å². The molecular weight excluding hydrogens is 219 g/mol. The van der Waals surface area contributed by atoms with Crippen molar-refractivity contribution in [1.29, 1.82) is 0 Å². The number of aliphatic hydroxyl groups excluding tert-OH is 1. The number of ether oxygens (including phenoxy) is 1. The summed E-state index contributed by atoms with van der Waals surface area (Å²) in [6, 6.07) is 3.50. The van der Waals surface area contributed by atoms with Crippen LogP contribution in [0, 0.1) is 25.6 Å². The van der Waals surface area contributed by atoms with Gasteiger partial charge in [0.1, 0.15) is 5.82 Å². The largest absolute Gasteiger partial charge is 0.388 e. The van der Waals surface area contributed by atoms with E-state index in [1.165, 1.54) is 0 Å². The fourth-order valence-corrected chi connectivity index (χ4v) is 2.45. The minimum Gasteiger partial charge on any atom is -0.388 e. The van der Waals surface area contributed by atoms with Crippen molar-refractivity contribution in [3.05, 3.63) is 34.6 Å². The lowest BCUT2D eigenvalue weighted by Gasteiger charge is -2.27. The summed E-state index contributed by atoms with van der Waals surface area (Å²) in [6.45, 7) is 4.90. The molecule has 1 aliphatic heterocycles. The van der Waals surface area contributed by atoms with E-state index in [-0.39, 0.29) is 11.7 Å². The molecule has 2 rings (SSSR count). The van der Waals surface area contributed by atoms with Crippen molar-refractivity contribution in [2.75, 3.05) is 13.2 Å². The van der Waals surface area contributed by atoms with Crippen molar-refractivity contribution in [3.8, 4) is 0 Å². The van der Waals surface area contributed by atoms with Gasteiger partial charge in [0.15, 0.2) is 0 Å². The molecule has 1 aliphatic rings. The monoisotopic (exact) mass is 238 g/mol. The second-order valence-corrected chi connectivity index (χ2v) is 4.86. The van der Waals surface area contributed by atoms with Crippen LogP contribution in [0.5, 0.6) is 0 Å². The number of halogens is 1. The SMILES string of the molecule is Cc1cc(C(O)C2CCOCC2)cc(C)c1F. The number of hydrogen-bond acceptors (Lipinski definition) is 2. The Morgan fingerprint density at radius 2 is 1.76 bits per heavy atom. The van der Waals surface area contributed by atoms with Gasteiger partial charge in [0.2, 0.25) is 0 Å². The molecule has 17 heavy (non-hydrogen) atoms. The Morgan fingerprint density at radius 1 is 1.24 bits per heavy atom. The van der Waals surface area contributed by atoms with Gasteiger partial charge in [0.05, 0.1) is 6.10 Å². The molecular formula is C14H19FO2. The summed E-state index contributed by atoms with van der Waals surface area (Å²) in [6.07, 6.45) is 1.24. The molecule has 0 aliphatic carbocycles. The predicted molar refractivity (Wildman–Crippen MR) is 64.4 cm³/mol. The lowest BCUT2D eigenvalue weighted by atomic mass is 9.88. The van der Waals surface area contributed by atoms with E-state index >= 15 is 0 Å². The Morgan fingerprint density at radius 3 is 2.29 bits per heavy atom. The maximum atomic E-state index is 13.5. The summed E-state index contributed by atoms with van der Waals surface area (Å²) in [7, 11) is 0. The molecule has 1 atom stereocenters. The molecule has 1 unspecified atom stereocenters. The van der Waals surface area contributed by atoms with Gasteiger partial charge in [-0.3, -0.25) is 0 Å². The highest BCUT2D eigenvalue weighted by molar-refractivity contribution is 5.32. The molecule has 1 N–H and O–H groups in total. The van der Waals surface area contributed by atoms with Crippen LogP contribution in [0.1, 0.15) is 35.6 Å². The topological polar surface area (TPSA) is 29.5 Å². The van der Waals surface area contributed by atoms with Gasteiger partial charge in [0.25, 0.3) is 0 Å². The molecule has 94 valence electrons. The Labute approximate surface area is 101 Å². The molecule has 0 spiro atoms. The van der Waals surface area contributed by atoms with Crippen LogP contribution in [0.25, 0.3) is 0 Å². The summed E-state index contributed by atoms with van der Waals surface area (Å²) in [4.78, 5) is 0. The Bertz CT molecular complexity index is 374. The Kier molecular flexibility index (Phi) is 3.79. The summed E-state index contributed by atoms with van der Waals surface area (Å²) in [5, 5.41) is 10.3. The van der Waals surface area contributed by atoms with Crippen molar-refractivity contribution < 1.29 is 14.2 Å². The van der Waals surface area contributed by atoms with Crippen LogP contribution in [0.2, 0.25) is 0 Å². The second-order valence-electron chi connectivity index (χ2n) is 4.86. The van der Waals surface area contributed by atoms with E-state index in [4.69, 9.17) is 4.74 Å². The van der Waals surface area contributed by atoms with Crippen molar-refractivity contribution in [2.45, 2.75) is 32.8 Å². The quantitative estimate of drug-likeness (QED) is 0.858. The van der Waals surface area contributed by atoms with Gasteiger partial charge in [-0.1, -0.05) is 12.1 Å². The summed E-state index contributed by atoms with van der Waals surface area (Å²) in [5.41, 5.74) is 2.03. The standard InChI is InChI=1S/C14H19FO2/c1-9-7-12(8-10(2)13(9)15)14(16)11-3-5-17-6-4-11/h7-8,11,14,16H,3-6H2,1-2H3. The minimum absolute atomic E-state index is 0.173. The van der Waals surface area contributed by atoms with Crippen molar-refractivity contribution in [1.82, 2.24) is 0 Å². The minimum atomic E-state index is -0.503. The summed E-state index contributed by atoms with van der Waals surface area (Å²) < 4.78 is 18.8. The number of aliphatic hydroxyl groups is 1. The molecule has 1 aromatic carbocycles. The van der Waals surface area contributed by atoms with Gasteiger partial charge >= 0.3 is 0 Å². The molecule has 1 aromatic rings. The number of aryl methyl sites for hydroxylation is 2. The van der Waals surface area contributed by atoms with E-state index in [1.807, 2.05) is 0 Å². The van der Waals surface area contributed by atoms with Gasteiger partial charge in [-0.15, -0.1) is 0 Å². The van der Waals surface area contributed by atoms with E-state index in [9.17, 15) is 9.50 Å². The molecule has 0 saturated carbocycles. The fourth-order valence-electron chi connectivity index (χ4n) is 2.45. The molecule has 1 heterocycles. The number of rotatable bonds is 2. The van der Waals surface area contributed by atoms with Gasteiger partial charge in [-0.2, -0.15) is 0 Å². The highest BCUT2D eigenvalue weighted by Crippen LogP contribution is 2.31. The van der Waals surface area contributed by atoms with Crippen LogP contribution in [-0.2, 0) is 4.74 Å². The Hall–Kier alpha value is -0.930. The highest BCUT2D eigenvalue weighted by Gasteiger charge is 2.24. The molecule has 0 aromatic heterocycles. The second kappa shape index (κ2) is 5.15. The van der Waals surface area contributed by atoms with E-state index < -0.39 is 6.10 Å². The third-order valence-corrected chi connectivity index (χ3v) is 3.51. The van der Waals surface area contributed by atoms with Crippen LogP contribution in [0.4, 0.5) is 4.39 Å². The third-order valence-electron chi connectivity index (χ3n) is 3.51. The molecule has 3 heteroatoms. The van der Waals surface area contributed by atoms with E-state index in [1.54, 1.807) is 26.0 Å². The fraction of sp³-hybridized carbons (Fsp3) is 0.571. The smallest absolute Gasteiger partial charge is 0.129 e. The molecule has 0 bridgehead atoms. The first kappa shape index (κ1) is 12.5. The summed E-state index contributed by atoms with van der Waals surface area (Å²) in [5.74, 6) is 0.0564. The van der Waals surface area contributed by atoms with Gasteiger partial charge in [0, 0.05) is 13.2 Å². The average molecular weight is 238 g/mol. The average Bonchev–Trinajstić information content (AvgIpc) is 2.35. The van der Waals surface area contributed by atoms with Gasteiger partial charge in [-0.05, 0) is 49.3 Å². The van der Waals surface area contributed by atoms with E-state index in [0.29, 0.717) is 24.3 Å². The maximum Gasteiger partial charge on any atom is 0.129 e. The maximum absolute atomic E-state index is 13.5. The molecule has 0 amide bonds. The molecule has 0 radical (unpaired) electrons. The van der Waals surface area contributed by atoms with Crippen LogP contribution < -0.4 is 0 Å². The molecule has 1 fully saturated rings. The van der Waals surface area contributed by atoms with Crippen molar-refractivity contribution >= 4 is 0 Å². The van der Waals surface area contributed by atoms with Crippen LogP contribution in [-0.4, -0.2) is 18.3 Å². The molecule has 2 nitrogen and oxygen atoms in total. The van der Waals surface area contributed by atoms with Crippen molar-refractivity contribution in [3.63, 3.8) is 0 Å². The number of hydrogen-bond donors (Lipinski definition) is 1. The van der Waals surface area contributed by atoms with Crippen LogP contribution in [0.15, 0.2) is 12.1 Å². The first-order valence-electron chi connectivity index (χ1n) is 6.12. The first-order valence-corrected chi connectivity index (χ1v) is 6.12. The zero-order chi connectivity index (χ0) is 12.4. The molecule has 1 saturated heterocycles. The lowest BCUT2D eigenvalue weighted by Crippen LogP contribution is -2.22. The Balaban J connectivity index is 2.21. The van der Waals surface area contributed by atoms with Crippen molar-refractivity contribution in [2.24, 2.45) is 5.92 Å². The zero-order valence-electron chi connectivity index (χ0n) is 10.4. The highest BCUT2D eigenvalue weighted by atomic mass is 19.1. The lowest BCUT2D eigenvalue weighted by molar-refractivity contribution is 0.00712. The third kappa shape index (κ3) is 2.67. The number of benzene rings is 1. The van der Waals surface area contributed by atoms with Crippen LogP contribution in [0.3, 0.4) is 0 Å². The predicted octanol–water partition coefficient (Wildman–Crippen LogP) is 2.90. The zero-order valence-corrected chi connectivity index (χ0v) is 10.4. The first-order chi connectivity index (χ1) is 8.09. The van der Waals surface area contributed by atoms with Gasteiger partial charge < -0.3 is 9.84 Å². The van der Waals surface area contributed by atoms with Crippen LogP contribution >= 0.6 is 0 Å². The van der Waals surface area contributed by atoms with Gasteiger partial charge in [-0.25, -0.2) is 4.39 Å². The summed E-state index contributed by atoms with van der Waals surface area (Å²) >= 11 is 0. The normalized spacial score (nSPS) is 19.3.